The summed E-state index contributed by atoms with van der Waals surface area (Å²) >= 11 is 0. The van der Waals surface area contributed by atoms with Crippen molar-refractivity contribution in [1.82, 2.24) is 10.3 Å². The standard InChI is InChI=1S/C14H18N2O2/c1-11-10-12(7-9-15-11)6-5-8-16-13(17)18-14(2,3)4/h7,9-10H,8H2,1-4H3,(H,16,17). The molecule has 0 saturated heterocycles. The maximum atomic E-state index is 11.3. The van der Waals surface area contributed by atoms with Gasteiger partial charge in [0, 0.05) is 17.5 Å². The molecule has 1 aromatic rings. The fourth-order valence-corrected chi connectivity index (χ4v) is 1.20. The summed E-state index contributed by atoms with van der Waals surface area (Å²) in [7, 11) is 0. The topological polar surface area (TPSA) is 51.2 Å². The number of nitrogens with one attached hydrogen (secondary N) is 1. The third kappa shape index (κ3) is 5.90. The van der Waals surface area contributed by atoms with Crippen LogP contribution in [0.5, 0.6) is 0 Å². The van der Waals surface area contributed by atoms with Crippen molar-refractivity contribution in [3.63, 3.8) is 0 Å². The Bertz CT molecular complexity index is 479. The fraction of sp³-hybridized carbons (Fsp3) is 0.429. The van der Waals surface area contributed by atoms with E-state index in [2.05, 4.69) is 22.1 Å². The van der Waals surface area contributed by atoms with E-state index in [1.807, 2.05) is 39.8 Å². The molecule has 0 atom stereocenters. The zero-order chi connectivity index (χ0) is 13.6. The second-order valence-electron chi connectivity index (χ2n) is 4.84. The zero-order valence-corrected chi connectivity index (χ0v) is 11.2. The lowest BCUT2D eigenvalue weighted by Gasteiger charge is -2.18. The number of amides is 1. The van der Waals surface area contributed by atoms with E-state index >= 15 is 0 Å². The molecule has 96 valence electrons. The van der Waals surface area contributed by atoms with Gasteiger partial charge in [-0.2, -0.15) is 0 Å². The third-order valence-electron chi connectivity index (χ3n) is 1.85. The Morgan fingerprint density at radius 1 is 1.50 bits per heavy atom. The molecule has 18 heavy (non-hydrogen) atoms. The molecule has 1 rings (SSSR count). The Morgan fingerprint density at radius 2 is 2.22 bits per heavy atom. The number of aromatic nitrogens is 1. The minimum absolute atomic E-state index is 0.260. The predicted octanol–water partition coefficient (Wildman–Crippen LogP) is 2.27. The number of pyridine rings is 1. The molecule has 4 nitrogen and oxygen atoms in total. The summed E-state index contributed by atoms with van der Waals surface area (Å²) in [5, 5.41) is 2.57. The molecule has 0 aromatic carbocycles. The van der Waals surface area contributed by atoms with Crippen LogP contribution in [0.4, 0.5) is 4.79 Å². The van der Waals surface area contributed by atoms with Crippen LogP contribution in [0.2, 0.25) is 0 Å². The van der Waals surface area contributed by atoms with E-state index in [0.29, 0.717) is 0 Å². The van der Waals surface area contributed by atoms with Crippen molar-refractivity contribution in [3.05, 3.63) is 29.6 Å². The highest BCUT2D eigenvalue weighted by Gasteiger charge is 2.14. The first-order valence-electron chi connectivity index (χ1n) is 5.75. The molecule has 1 amide bonds. The number of carbonyl (C=O) groups excluding carboxylic acids is 1. The van der Waals surface area contributed by atoms with Crippen LogP contribution in [0.3, 0.4) is 0 Å². The van der Waals surface area contributed by atoms with E-state index < -0.39 is 11.7 Å². The van der Waals surface area contributed by atoms with E-state index in [1.54, 1.807) is 6.20 Å². The summed E-state index contributed by atoms with van der Waals surface area (Å²) in [4.78, 5) is 15.4. The molecule has 0 unspecified atom stereocenters. The van der Waals surface area contributed by atoms with Gasteiger partial charge >= 0.3 is 6.09 Å². The van der Waals surface area contributed by atoms with Crippen LogP contribution in [-0.2, 0) is 4.74 Å². The molecule has 0 bridgehead atoms. The van der Waals surface area contributed by atoms with Gasteiger partial charge in [-0.3, -0.25) is 4.98 Å². The van der Waals surface area contributed by atoms with Crippen molar-refractivity contribution < 1.29 is 9.53 Å². The van der Waals surface area contributed by atoms with Gasteiger partial charge in [0.15, 0.2) is 0 Å². The average Bonchev–Trinajstić information content (AvgIpc) is 2.22. The molecule has 0 spiro atoms. The van der Waals surface area contributed by atoms with Gasteiger partial charge in [0.1, 0.15) is 5.60 Å². The predicted molar refractivity (Wildman–Crippen MR) is 70.1 cm³/mol. The molecular weight excluding hydrogens is 228 g/mol. The molecule has 0 fully saturated rings. The Hall–Kier alpha value is -2.02. The first-order chi connectivity index (χ1) is 8.37. The number of hydrogen-bond acceptors (Lipinski definition) is 3. The molecule has 1 aromatic heterocycles. The van der Waals surface area contributed by atoms with Gasteiger partial charge in [0.05, 0.1) is 6.54 Å². The van der Waals surface area contributed by atoms with Crippen LogP contribution in [-0.4, -0.2) is 23.2 Å². The first kappa shape index (κ1) is 14.0. The Balaban J connectivity index is 2.41. The lowest BCUT2D eigenvalue weighted by molar-refractivity contribution is 0.0535. The first-order valence-corrected chi connectivity index (χ1v) is 5.75. The second kappa shape index (κ2) is 6.06. The number of carbonyl (C=O) groups is 1. The van der Waals surface area contributed by atoms with Crippen molar-refractivity contribution in [2.45, 2.75) is 33.3 Å². The summed E-state index contributed by atoms with van der Waals surface area (Å²) in [5.74, 6) is 5.80. The fourth-order valence-electron chi connectivity index (χ4n) is 1.20. The van der Waals surface area contributed by atoms with E-state index in [9.17, 15) is 4.79 Å². The van der Waals surface area contributed by atoms with Gasteiger partial charge in [-0.05, 0) is 39.8 Å². The van der Waals surface area contributed by atoms with Crippen molar-refractivity contribution >= 4 is 6.09 Å². The summed E-state index contributed by atoms with van der Waals surface area (Å²) in [6.45, 7) is 7.62. The van der Waals surface area contributed by atoms with Crippen molar-refractivity contribution in [2.24, 2.45) is 0 Å². The van der Waals surface area contributed by atoms with Crippen molar-refractivity contribution in [2.75, 3.05) is 6.54 Å². The quantitative estimate of drug-likeness (QED) is 0.773. The van der Waals surface area contributed by atoms with Gasteiger partial charge in [-0.25, -0.2) is 4.79 Å². The van der Waals surface area contributed by atoms with E-state index in [0.717, 1.165) is 11.3 Å². The summed E-state index contributed by atoms with van der Waals surface area (Å²) in [6, 6.07) is 3.72. The normalized spacial score (nSPS) is 10.2. The monoisotopic (exact) mass is 246 g/mol. The number of rotatable bonds is 1. The Labute approximate surface area is 108 Å². The second-order valence-corrected chi connectivity index (χ2v) is 4.84. The smallest absolute Gasteiger partial charge is 0.408 e. The van der Waals surface area contributed by atoms with Gasteiger partial charge in [-0.15, -0.1) is 0 Å². The molecule has 0 aliphatic rings. The van der Waals surface area contributed by atoms with Gasteiger partial charge in [0.2, 0.25) is 0 Å². The molecule has 0 aliphatic heterocycles. The van der Waals surface area contributed by atoms with E-state index in [-0.39, 0.29) is 6.54 Å². The summed E-state index contributed by atoms with van der Waals surface area (Å²) in [5.41, 5.74) is 1.31. The van der Waals surface area contributed by atoms with Crippen molar-refractivity contribution in [1.29, 1.82) is 0 Å². The van der Waals surface area contributed by atoms with Crippen LogP contribution in [0.15, 0.2) is 18.3 Å². The number of nitrogens with zero attached hydrogens (tertiary/aromatic N) is 1. The van der Waals surface area contributed by atoms with E-state index in [1.165, 1.54) is 0 Å². The molecule has 0 radical (unpaired) electrons. The van der Waals surface area contributed by atoms with Gasteiger partial charge in [-0.1, -0.05) is 11.8 Å². The van der Waals surface area contributed by atoms with Crippen LogP contribution in [0, 0.1) is 18.8 Å². The number of hydrogen-bond donors (Lipinski definition) is 1. The minimum Gasteiger partial charge on any atom is -0.444 e. The molecular formula is C14H18N2O2. The van der Waals surface area contributed by atoms with Crippen molar-refractivity contribution in [3.8, 4) is 11.8 Å². The zero-order valence-electron chi connectivity index (χ0n) is 11.2. The number of alkyl carbamates (subject to hydrolysis) is 1. The summed E-state index contributed by atoms with van der Waals surface area (Å²) in [6.07, 6.45) is 1.25. The molecule has 4 heteroatoms. The molecule has 0 saturated carbocycles. The molecule has 0 aliphatic carbocycles. The van der Waals surface area contributed by atoms with Crippen LogP contribution in [0.25, 0.3) is 0 Å². The van der Waals surface area contributed by atoms with Gasteiger partial charge in [0.25, 0.3) is 0 Å². The maximum Gasteiger partial charge on any atom is 0.408 e. The highest BCUT2D eigenvalue weighted by molar-refractivity contribution is 5.68. The average molecular weight is 246 g/mol. The maximum absolute atomic E-state index is 11.3. The SMILES string of the molecule is Cc1cc(C#CCNC(=O)OC(C)(C)C)ccn1. The van der Waals surface area contributed by atoms with Crippen LogP contribution < -0.4 is 5.32 Å². The Morgan fingerprint density at radius 3 is 2.83 bits per heavy atom. The highest BCUT2D eigenvalue weighted by Crippen LogP contribution is 2.06. The molecule has 1 heterocycles. The minimum atomic E-state index is -0.486. The third-order valence-corrected chi connectivity index (χ3v) is 1.85. The summed E-state index contributed by atoms with van der Waals surface area (Å²) < 4.78 is 5.08. The number of ether oxygens (including phenoxy) is 1. The van der Waals surface area contributed by atoms with Crippen LogP contribution >= 0.6 is 0 Å². The molecule has 1 N–H and O–H groups in total. The van der Waals surface area contributed by atoms with E-state index in [4.69, 9.17) is 4.74 Å². The van der Waals surface area contributed by atoms with Crippen LogP contribution in [0.1, 0.15) is 32.0 Å². The Kier molecular flexibility index (Phi) is 4.73. The lowest BCUT2D eigenvalue weighted by atomic mass is 10.2. The lowest BCUT2D eigenvalue weighted by Crippen LogP contribution is -2.32. The van der Waals surface area contributed by atoms with Gasteiger partial charge < -0.3 is 10.1 Å². The highest BCUT2D eigenvalue weighted by atomic mass is 16.6. The number of aryl methyl sites for hydroxylation is 1. The largest absolute Gasteiger partial charge is 0.444 e.